The molecule has 7 heteroatoms. The molecule has 3 aromatic rings. The van der Waals surface area contributed by atoms with Gasteiger partial charge in [0.05, 0.1) is 12.1 Å². The van der Waals surface area contributed by atoms with Crippen molar-refractivity contribution in [1.82, 2.24) is 4.98 Å². The lowest BCUT2D eigenvalue weighted by atomic mass is 10.2. The number of benzene rings is 2. The highest BCUT2D eigenvalue weighted by atomic mass is 32.1. The van der Waals surface area contributed by atoms with Crippen molar-refractivity contribution in [2.75, 3.05) is 5.32 Å². The van der Waals surface area contributed by atoms with Crippen LogP contribution in [0.15, 0.2) is 47.8 Å². The van der Waals surface area contributed by atoms with Gasteiger partial charge in [0.2, 0.25) is 5.91 Å². The quantitative estimate of drug-likeness (QED) is 0.759. The van der Waals surface area contributed by atoms with E-state index in [1.54, 1.807) is 17.5 Å². The number of carbonyl (C=O) groups excluding carboxylic acids is 1. The number of para-hydroxylation sites is 1. The molecule has 0 aliphatic carbocycles. The second-order valence-corrected chi connectivity index (χ2v) is 5.83. The highest BCUT2D eigenvalue weighted by Gasteiger charge is 2.14. The Kier molecular flexibility index (Phi) is 4.61. The molecule has 122 valence electrons. The zero-order chi connectivity index (χ0) is 17.1. The van der Waals surface area contributed by atoms with Crippen LogP contribution in [0.4, 0.5) is 18.9 Å². The number of nitrogens with one attached hydrogen (secondary N) is 1. The van der Waals surface area contributed by atoms with Crippen LogP contribution in [0.2, 0.25) is 0 Å². The number of anilines is 1. The summed E-state index contributed by atoms with van der Waals surface area (Å²) in [7, 11) is 0. The molecule has 24 heavy (non-hydrogen) atoms. The fraction of sp³-hybridized carbons (Fsp3) is 0.0588. The third-order valence-electron chi connectivity index (χ3n) is 3.19. The third-order valence-corrected chi connectivity index (χ3v) is 4.13. The molecule has 1 aromatic heterocycles. The summed E-state index contributed by atoms with van der Waals surface area (Å²) in [6, 6.07) is 9.28. The summed E-state index contributed by atoms with van der Waals surface area (Å²) in [5.74, 6) is -2.66. The Morgan fingerprint density at radius 1 is 1.08 bits per heavy atom. The van der Waals surface area contributed by atoms with Gasteiger partial charge in [-0.05, 0) is 24.3 Å². The van der Waals surface area contributed by atoms with Crippen LogP contribution in [0.5, 0.6) is 0 Å². The average Bonchev–Trinajstić information content (AvgIpc) is 2.99. The Hall–Kier alpha value is -2.67. The maximum atomic E-state index is 13.5. The fourth-order valence-corrected chi connectivity index (χ4v) is 2.92. The van der Waals surface area contributed by atoms with E-state index >= 15 is 0 Å². The fourth-order valence-electron chi connectivity index (χ4n) is 2.11. The van der Waals surface area contributed by atoms with Crippen molar-refractivity contribution in [3.05, 3.63) is 71.0 Å². The number of rotatable bonds is 4. The lowest BCUT2D eigenvalue weighted by Crippen LogP contribution is -2.16. The Balaban J connectivity index is 1.72. The summed E-state index contributed by atoms with van der Waals surface area (Å²) in [4.78, 5) is 16.2. The van der Waals surface area contributed by atoms with Crippen molar-refractivity contribution >= 4 is 22.9 Å². The number of aromatic nitrogens is 1. The highest BCUT2D eigenvalue weighted by Crippen LogP contribution is 2.25. The van der Waals surface area contributed by atoms with Crippen molar-refractivity contribution in [1.29, 1.82) is 0 Å². The number of hydrogen-bond acceptors (Lipinski definition) is 3. The molecule has 1 N–H and O–H groups in total. The van der Waals surface area contributed by atoms with Gasteiger partial charge in [-0.1, -0.05) is 18.2 Å². The molecule has 0 saturated heterocycles. The van der Waals surface area contributed by atoms with Crippen LogP contribution < -0.4 is 5.32 Å². The Morgan fingerprint density at radius 2 is 1.79 bits per heavy atom. The molecule has 1 heterocycles. The predicted octanol–water partition coefficient (Wildman–Crippen LogP) is 4.41. The number of nitrogens with zero attached hydrogens (tertiary/aromatic N) is 1. The minimum atomic E-state index is -0.845. The van der Waals surface area contributed by atoms with Gasteiger partial charge in [-0.2, -0.15) is 0 Å². The van der Waals surface area contributed by atoms with E-state index in [2.05, 4.69) is 10.3 Å². The normalized spacial score (nSPS) is 10.6. The molecule has 0 bridgehead atoms. The van der Waals surface area contributed by atoms with Crippen LogP contribution in [0.1, 0.15) is 5.69 Å². The van der Waals surface area contributed by atoms with Gasteiger partial charge in [-0.3, -0.25) is 4.79 Å². The number of thiazole rings is 1. The van der Waals surface area contributed by atoms with Gasteiger partial charge in [-0.15, -0.1) is 11.3 Å². The molecule has 0 aliphatic rings. The third kappa shape index (κ3) is 3.62. The molecule has 0 unspecified atom stereocenters. The summed E-state index contributed by atoms with van der Waals surface area (Å²) in [5.41, 5.74) is 0.559. The molecular formula is C17H11F3N2OS. The molecule has 0 radical (unpaired) electrons. The molecule has 0 aliphatic heterocycles. The van der Waals surface area contributed by atoms with Crippen LogP contribution >= 0.6 is 11.3 Å². The number of carbonyl (C=O) groups is 1. The molecule has 0 saturated carbocycles. The maximum absolute atomic E-state index is 13.5. The summed E-state index contributed by atoms with van der Waals surface area (Å²) in [6.45, 7) is 0. The topological polar surface area (TPSA) is 42.0 Å². The maximum Gasteiger partial charge on any atom is 0.230 e. The molecule has 0 atom stereocenters. The van der Waals surface area contributed by atoms with Crippen LogP contribution in [0, 0.1) is 17.5 Å². The first kappa shape index (κ1) is 16.2. The van der Waals surface area contributed by atoms with Gasteiger partial charge >= 0.3 is 0 Å². The first-order chi connectivity index (χ1) is 11.5. The number of amides is 1. The summed E-state index contributed by atoms with van der Waals surface area (Å²) in [5, 5.41) is 4.42. The van der Waals surface area contributed by atoms with E-state index in [1.165, 1.54) is 29.5 Å². The van der Waals surface area contributed by atoms with Gasteiger partial charge in [-0.25, -0.2) is 18.2 Å². The van der Waals surface area contributed by atoms with E-state index < -0.39 is 23.2 Å². The van der Waals surface area contributed by atoms with Gasteiger partial charge in [0.1, 0.15) is 28.1 Å². The minimum Gasteiger partial charge on any atom is -0.321 e. The SMILES string of the molecule is O=C(Cc1csc(-c2cccc(F)c2)n1)Nc1c(F)cccc1F. The first-order valence-corrected chi connectivity index (χ1v) is 7.85. The zero-order valence-electron chi connectivity index (χ0n) is 12.2. The van der Waals surface area contributed by atoms with E-state index in [4.69, 9.17) is 0 Å². The standard InChI is InChI=1S/C17H11F3N2OS/c18-11-4-1-3-10(7-11)17-21-12(9-24-17)8-15(23)22-16-13(19)5-2-6-14(16)20/h1-7,9H,8H2,(H,22,23). The first-order valence-electron chi connectivity index (χ1n) is 6.97. The average molecular weight is 348 g/mol. The van der Waals surface area contributed by atoms with Crippen molar-refractivity contribution in [3.63, 3.8) is 0 Å². The molecule has 3 nitrogen and oxygen atoms in total. The van der Waals surface area contributed by atoms with Gasteiger partial charge in [0.25, 0.3) is 0 Å². The Morgan fingerprint density at radius 3 is 2.50 bits per heavy atom. The van der Waals surface area contributed by atoms with E-state index in [1.807, 2.05) is 0 Å². The largest absolute Gasteiger partial charge is 0.321 e. The Labute approximate surface area is 139 Å². The van der Waals surface area contributed by atoms with Crippen LogP contribution in [0.3, 0.4) is 0 Å². The van der Waals surface area contributed by atoms with Gasteiger partial charge < -0.3 is 5.32 Å². The smallest absolute Gasteiger partial charge is 0.230 e. The number of hydrogen-bond donors (Lipinski definition) is 1. The molecule has 1 amide bonds. The van der Waals surface area contributed by atoms with Crippen molar-refractivity contribution in [2.45, 2.75) is 6.42 Å². The van der Waals surface area contributed by atoms with E-state index in [0.717, 1.165) is 12.1 Å². The molecule has 2 aromatic carbocycles. The lowest BCUT2D eigenvalue weighted by molar-refractivity contribution is -0.115. The second-order valence-electron chi connectivity index (χ2n) is 4.98. The Bertz CT molecular complexity index is 875. The van der Waals surface area contributed by atoms with E-state index in [-0.39, 0.29) is 12.2 Å². The van der Waals surface area contributed by atoms with Crippen molar-refractivity contribution in [2.24, 2.45) is 0 Å². The van der Waals surface area contributed by atoms with E-state index in [0.29, 0.717) is 16.3 Å². The van der Waals surface area contributed by atoms with Crippen LogP contribution in [-0.4, -0.2) is 10.9 Å². The van der Waals surface area contributed by atoms with Crippen molar-refractivity contribution in [3.8, 4) is 10.6 Å². The molecular weight excluding hydrogens is 337 g/mol. The lowest BCUT2D eigenvalue weighted by Gasteiger charge is -2.06. The molecule has 3 rings (SSSR count). The summed E-state index contributed by atoms with van der Waals surface area (Å²) in [6.07, 6.45) is -0.139. The second kappa shape index (κ2) is 6.84. The van der Waals surface area contributed by atoms with Crippen molar-refractivity contribution < 1.29 is 18.0 Å². The van der Waals surface area contributed by atoms with E-state index in [9.17, 15) is 18.0 Å². The van der Waals surface area contributed by atoms with Crippen LogP contribution in [0.25, 0.3) is 10.6 Å². The number of halogens is 3. The zero-order valence-corrected chi connectivity index (χ0v) is 13.0. The van der Waals surface area contributed by atoms with Gasteiger partial charge in [0, 0.05) is 10.9 Å². The summed E-state index contributed by atoms with van der Waals surface area (Å²) >= 11 is 1.26. The van der Waals surface area contributed by atoms with Crippen LogP contribution in [-0.2, 0) is 11.2 Å². The predicted molar refractivity (Wildman–Crippen MR) is 86.2 cm³/mol. The van der Waals surface area contributed by atoms with Gasteiger partial charge in [0.15, 0.2) is 0 Å². The summed E-state index contributed by atoms with van der Waals surface area (Å²) < 4.78 is 40.2. The molecule has 0 fully saturated rings. The molecule has 0 spiro atoms. The monoisotopic (exact) mass is 348 g/mol. The minimum absolute atomic E-state index is 0.139. The highest BCUT2D eigenvalue weighted by molar-refractivity contribution is 7.13.